The summed E-state index contributed by atoms with van der Waals surface area (Å²) in [6.45, 7) is 6.84. The highest BCUT2D eigenvalue weighted by molar-refractivity contribution is 6.76. The van der Waals surface area contributed by atoms with E-state index in [1.165, 1.54) is 29.7 Å². The van der Waals surface area contributed by atoms with Gasteiger partial charge in [-0.05, 0) is 24.4 Å². The number of benzene rings is 1. The first-order valence-electron chi connectivity index (χ1n) is 15.5. The predicted molar refractivity (Wildman–Crippen MR) is 170 cm³/mol. The number of hydrogen-bond donors (Lipinski definition) is 0. The number of aromatic nitrogens is 8. The van der Waals surface area contributed by atoms with Crippen LogP contribution in [0.5, 0.6) is 5.88 Å². The molecule has 5 aromatic rings. The van der Waals surface area contributed by atoms with E-state index in [1.54, 1.807) is 24.3 Å². The van der Waals surface area contributed by atoms with Crippen molar-refractivity contribution >= 4 is 19.1 Å². The van der Waals surface area contributed by atoms with Crippen molar-refractivity contribution in [2.45, 2.75) is 69.9 Å². The van der Waals surface area contributed by atoms with Crippen molar-refractivity contribution in [3.05, 3.63) is 65.1 Å². The molecule has 10 nitrogen and oxygen atoms in total. The van der Waals surface area contributed by atoms with E-state index in [0.29, 0.717) is 29.1 Å². The molecule has 0 unspecified atom stereocenters. The summed E-state index contributed by atoms with van der Waals surface area (Å²) in [6, 6.07) is 7.42. The number of nitrogens with zero attached hydrogens (tertiary/aromatic N) is 8. The van der Waals surface area contributed by atoms with Gasteiger partial charge in [-0.15, -0.1) is 0 Å². The van der Waals surface area contributed by atoms with Crippen LogP contribution in [0, 0.1) is 0 Å². The van der Waals surface area contributed by atoms with Crippen molar-refractivity contribution in [3.8, 4) is 28.7 Å². The fourth-order valence-electron chi connectivity index (χ4n) is 5.42. The molecule has 0 radical (unpaired) electrons. The number of methoxy groups -OCH3 is 1. The summed E-state index contributed by atoms with van der Waals surface area (Å²) >= 11 is 0. The average molecular weight is 705 g/mol. The van der Waals surface area contributed by atoms with Crippen LogP contribution >= 0.6 is 0 Å². The molecule has 1 aliphatic carbocycles. The third-order valence-electron chi connectivity index (χ3n) is 8.14. The lowest BCUT2D eigenvalue weighted by molar-refractivity contribution is -0.141. The summed E-state index contributed by atoms with van der Waals surface area (Å²) in [6.07, 6.45) is -5.57. The van der Waals surface area contributed by atoms with Gasteiger partial charge in [0.15, 0.2) is 17.2 Å². The van der Waals surface area contributed by atoms with Gasteiger partial charge in [-0.1, -0.05) is 43.9 Å². The first-order valence-corrected chi connectivity index (χ1v) is 19.3. The van der Waals surface area contributed by atoms with E-state index >= 15 is 0 Å². The third kappa shape index (κ3) is 7.46. The second-order valence-electron chi connectivity index (χ2n) is 13.2. The highest BCUT2D eigenvalue weighted by atomic mass is 28.3. The second-order valence-corrected chi connectivity index (χ2v) is 18.9. The van der Waals surface area contributed by atoms with Crippen molar-refractivity contribution < 1.29 is 35.8 Å². The van der Waals surface area contributed by atoms with Gasteiger partial charge in [0.25, 0.3) is 0 Å². The summed E-state index contributed by atoms with van der Waals surface area (Å²) in [4.78, 5) is 20.9. The molecular weight excluding hydrogens is 670 g/mol. The molecule has 1 aliphatic rings. The third-order valence-corrected chi connectivity index (χ3v) is 9.85. The van der Waals surface area contributed by atoms with Gasteiger partial charge in [-0.3, -0.25) is 0 Å². The topological polar surface area (TPSA) is 106 Å². The lowest BCUT2D eigenvalue weighted by Crippen LogP contribution is -2.22. The van der Waals surface area contributed by atoms with E-state index in [9.17, 15) is 26.3 Å². The van der Waals surface area contributed by atoms with Gasteiger partial charge in [0, 0.05) is 45.8 Å². The van der Waals surface area contributed by atoms with Gasteiger partial charge < -0.3 is 14.0 Å². The number of aryl methyl sites for hydroxylation is 1. The van der Waals surface area contributed by atoms with E-state index < -0.39 is 37.3 Å². The molecule has 4 heterocycles. The van der Waals surface area contributed by atoms with Crippen LogP contribution in [0.4, 0.5) is 26.3 Å². The first kappa shape index (κ1) is 34.5. The number of hydrogen-bond acceptors (Lipinski definition) is 8. The van der Waals surface area contributed by atoms with Gasteiger partial charge in [-0.25, -0.2) is 29.6 Å². The number of rotatable bonds is 11. The molecule has 0 spiro atoms. The molecule has 0 amide bonds. The van der Waals surface area contributed by atoms with Gasteiger partial charge >= 0.3 is 12.4 Å². The molecule has 0 atom stereocenters. The zero-order chi connectivity index (χ0) is 35.3. The van der Waals surface area contributed by atoms with E-state index in [-0.39, 0.29) is 47.7 Å². The summed E-state index contributed by atoms with van der Waals surface area (Å²) in [5, 5.41) is 4.33. The SMILES string of the molecule is COc1ncnc(C2CC2)c1-c1nc(C(F)(F)F)c2nn(COCC[Si](C)(C)C)c(Cc3ccc(-c4nc(C(F)(F)F)cn4C)cc3)c2n1. The van der Waals surface area contributed by atoms with Crippen molar-refractivity contribution in [3.63, 3.8) is 0 Å². The molecule has 17 heteroatoms. The Kier molecular flexibility index (Phi) is 9.02. The molecule has 4 aromatic heterocycles. The van der Waals surface area contributed by atoms with Crippen LogP contribution < -0.4 is 4.74 Å². The minimum Gasteiger partial charge on any atom is -0.480 e. The maximum Gasteiger partial charge on any atom is 0.435 e. The normalized spacial score (nSPS) is 14.2. The van der Waals surface area contributed by atoms with Crippen LogP contribution in [-0.4, -0.2) is 61.1 Å². The van der Waals surface area contributed by atoms with E-state index in [4.69, 9.17) is 9.47 Å². The first-order chi connectivity index (χ1) is 23.0. The van der Waals surface area contributed by atoms with Crippen LogP contribution in [0.3, 0.4) is 0 Å². The molecule has 6 rings (SSSR count). The Bertz CT molecular complexity index is 1980. The molecule has 49 heavy (non-hydrogen) atoms. The Morgan fingerprint density at radius 3 is 2.22 bits per heavy atom. The number of fused-ring (bicyclic) bond motifs is 1. The van der Waals surface area contributed by atoms with Gasteiger partial charge in [0.1, 0.15) is 35.5 Å². The van der Waals surface area contributed by atoms with Crippen molar-refractivity contribution in [2.24, 2.45) is 7.05 Å². The zero-order valence-corrected chi connectivity index (χ0v) is 28.4. The smallest absolute Gasteiger partial charge is 0.435 e. The largest absolute Gasteiger partial charge is 0.480 e. The maximum atomic E-state index is 14.7. The number of halogens is 6. The van der Waals surface area contributed by atoms with Crippen LogP contribution in [-0.2, 0) is 37.3 Å². The lowest BCUT2D eigenvalue weighted by atomic mass is 10.1. The summed E-state index contributed by atoms with van der Waals surface area (Å²) in [5.74, 6) is -0.0356. The summed E-state index contributed by atoms with van der Waals surface area (Å²) < 4.78 is 97.8. The molecule has 0 saturated heterocycles. The standard InChI is InChI=1S/C32H34F6N8O2Si/c1-45-15-22(31(33,34)35)41-29(45)20-8-6-18(7-9-20)14-21-25-26(44-46(21)17-48-12-13-49(3,4)5)27(32(36,37)38)43-28(42-25)23-24(19-10-11-19)39-16-40-30(23)47-2/h6-9,15-16,19H,10-14,17H2,1-5H3. The molecule has 1 saturated carbocycles. The Labute approximate surface area is 278 Å². The highest BCUT2D eigenvalue weighted by Gasteiger charge is 2.40. The lowest BCUT2D eigenvalue weighted by Gasteiger charge is -2.16. The number of imidazole rings is 1. The minimum atomic E-state index is -4.88. The maximum absolute atomic E-state index is 14.7. The molecule has 0 aliphatic heterocycles. The highest BCUT2D eigenvalue weighted by Crippen LogP contribution is 2.46. The van der Waals surface area contributed by atoms with Crippen molar-refractivity contribution in [1.82, 2.24) is 39.3 Å². The fourth-order valence-corrected chi connectivity index (χ4v) is 6.18. The van der Waals surface area contributed by atoms with Gasteiger partial charge in [-0.2, -0.15) is 31.4 Å². The Morgan fingerprint density at radius 2 is 1.63 bits per heavy atom. The molecular formula is C32H34F6N8O2Si. The van der Waals surface area contributed by atoms with E-state index in [1.807, 2.05) is 0 Å². The molecule has 0 N–H and O–H groups in total. The fraction of sp³-hybridized carbons (Fsp3) is 0.438. The second kappa shape index (κ2) is 12.8. The minimum absolute atomic E-state index is 0.0203. The Hall–Kier alpha value is -4.38. The molecule has 1 fully saturated rings. The van der Waals surface area contributed by atoms with Crippen LogP contribution in [0.25, 0.3) is 33.8 Å². The molecule has 0 bridgehead atoms. The van der Waals surface area contributed by atoms with E-state index in [2.05, 4.69) is 49.7 Å². The quantitative estimate of drug-likeness (QED) is 0.0791. The van der Waals surface area contributed by atoms with Crippen LogP contribution in [0.1, 0.15) is 47.1 Å². The van der Waals surface area contributed by atoms with E-state index in [0.717, 1.165) is 25.1 Å². The monoisotopic (exact) mass is 704 g/mol. The van der Waals surface area contributed by atoms with Gasteiger partial charge in [0.2, 0.25) is 5.88 Å². The molecule has 1 aromatic carbocycles. The molecule has 260 valence electrons. The van der Waals surface area contributed by atoms with Crippen LogP contribution in [0.2, 0.25) is 25.7 Å². The zero-order valence-electron chi connectivity index (χ0n) is 27.4. The summed E-state index contributed by atoms with van der Waals surface area (Å²) in [5.41, 5.74) is -0.563. The van der Waals surface area contributed by atoms with Gasteiger partial charge in [0.05, 0.1) is 18.5 Å². The van der Waals surface area contributed by atoms with Crippen molar-refractivity contribution in [1.29, 1.82) is 0 Å². The summed E-state index contributed by atoms with van der Waals surface area (Å²) in [7, 11) is 1.37. The van der Waals surface area contributed by atoms with Crippen LogP contribution in [0.15, 0.2) is 36.8 Å². The average Bonchev–Trinajstić information content (AvgIpc) is 3.71. The Balaban J connectivity index is 1.46. The number of alkyl halides is 6. The predicted octanol–water partition coefficient (Wildman–Crippen LogP) is 7.51. The van der Waals surface area contributed by atoms with Crippen molar-refractivity contribution in [2.75, 3.05) is 13.7 Å². The Morgan fingerprint density at radius 1 is 0.918 bits per heavy atom. The number of ether oxygens (including phenoxy) is 2.